The first kappa shape index (κ1) is 20.0. The molecule has 7 rings (SSSR count). The zero-order chi connectivity index (χ0) is 22.4. The summed E-state index contributed by atoms with van der Waals surface area (Å²) >= 11 is 0. The molecule has 2 aromatic carbocycles. The number of ether oxygens (including phenoxy) is 1. The van der Waals surface area contributed by atoms with Gasteiger partial charge < -0.3 is 15.4 Å². The molecule has 5 fully saturated rings. The van der Waals surface area contributed by atoms with Gasteiger partial charge in [-0.3, -0.25) is 4.90 Å². The van der Waals surface area contributed by atoms with Crippen molar-refractivity contribution >= 4 is 5.69 Å². The Morgan fingerprint density at radius 2 is 1.97 bits per heavy atom. The summed E-state index contributed by atoms with van der Waals surface area (Å²) in [7, 11) is 0. The molecule has 0 aromatic heterocycles. The van der Waals surface area contributed by atoms with Gasteiger partial charge in [0.05, 0.1) is 16.7 Å². The van der Waals surface area contributed by atoms with Crippen molar-refractivity contribution in [3.63, 3.8) is 0 Å². The predicted molar refractivity (Wildman–Crippen MR) is 124 cm³/mol. The van der Waals surface area contributed by atoms with E-state index in [1.165, 1.54) is 11.6 Å². The quantitative estimate of drug-likeness (QED) is 0.728. The topological polar surface area (TPSA) is 65.3 Å². The SMILES string of the molecule is N#Cc1ccc(-c2cc(C34C[C@H]5[C@@H](N)CC3N54)ccc2N2CCC3(CCCO3)CC2)cc1F. The lowest BCUT2D eigenvalue weighted by molar-refractivity contribution is -0.0146. The molecule has 1 spiro atoms. The van der Waals surface area contributed by atoms with Gasteiger partial charge in [-0.15, -0.1) is 0 Å². The first-order valence-corrected chi connectivity index (χ1v) is 12.3. The fourth-order valence-electron chi connectivity index (χ4n) is 7.42. The van der Waals surface area contributed by atoms with Crippen LogP contribution < -0.4 is 10.6 Å². The normalized spacial score (nSPS) is 35.2. The monoisotopic (exact) mass is 444 g/mol. The Labute approximate surface area is 193 Å². The number of hydrogen-bond donors (Lipinski definition) is 1. The number of fused-ring (bicyclic) bond motifs is 1. The molecule has 0 saturated carbocycles. The van der Waals surface area contributed by atoms with Gasteiger partial charge in [-0.2, -0.15) is 5.26 Å². The van der Waals surface area contributed by atoms with E-state index in [1.807, 2.05) is 12.1 Å². The number of hydrogen-bond acceptors (Lipinski definition) is 5. The van der Waals surface area contributed by atoms with E-state index in [4.69, 9.17) is 10.5 Å². The maximum atomic E-state index is 14.6. The van der Waals surface area contributed by atoms with Crippen molar-refractivity contribution in [2.45, 2.75) is 67.8 Å². The standard InChI is InChI=1S/C27H29FN4O/c28-21-12-17(2-3-18(21)16-29)20-13-19(27-15-24-22(30)14-25(27)32(24)27)4-5-23(20)31-9-7-26(8-10-31)6-1-11-33-26/h2-5,12-13,22,24-25H,1,6-11,14-15,30H2/t22-,24-,25?,27?,32?/m0/s1. The van der Waals surface area contributed by atoms with E-state index in [1.54, 1.807) is 6.07 Å². The van der Waals surface area contributed by atoms with Gasteiger partial charge in [-0.05, 0) is 73.9 Å². The molecule has 5 nitrogen and oxygen atoms in total. The zero-order valence-corrected chi connectivity index (χ0v) is 18.8. The van der Waals surface area contributed by atoms with Crippen LogP contribution in [0, 0.1) is 17.1 Å². The van der Waals surface area contributed by atoms with E-state index >= 15 is 0 Å². The van der Waals surface area contributed by atoms with Gasteiger partial charge in [0.2, 0.25) is 0 Å². The maximum Gasteiger partial charge on any atom is 0.141 e. The van der Waals surface area contributed by atoms with Crippen molar-refractivity contribution in [3.8, 4) is 17.2 Å². The summed E-state index contributed by atoms with van der Waals surface area (Å²) in [5, 5.41) is 9.19. The van der Waals surface area contributed by atoms with Crippen LogP contribution in [0.5, 0.6) is 0 Å². The highest BCUT2D eigenvalue weighted by molar-refractivity contribution is 5.80. The third-order valence-electron chi connectivity index (χ3n) is 9.24. The van der Waals surface area contributed by atoms with Crippen molar-refractivity contribution < 1.29 is 9.13 Å². The molecule has 5 heterocycles. The molecular weight excluding hydrogens is 415 g/mol. The summed E-state index contributed by atoms with van der Waals surface area (Å²) in [6, 6.07) is 15.2. The molecule has 2 aromatic rings. The Kier molecular flexibility index (Phi) is 4.11. The number of rotatable bonds is 3. The summed E-state index contributed by atoms with van der Waals surface area (Å²) < 4.78 is 20.7. The van der Waals surface area contributed by atoms with Gasteiger partial charge in [0, 0.05) is 49.1 Å². The van der Waals surface area contributed by atoms with Crippen molar-refractivity contribution in [1.82, 2.24) is 4.90 Å². The van der Waals surface area contributed by atoms with Crippen LogP contribution in [0.1, 0.15) is 49.7 Å². The molecular formula is C27H29FN4O. The van der Waals surface area contributed by atoms with Crippen LogP contribution in [0.3, 0.4) is 0 Å². The van der Waals surface area contributed by atoms with Crippen LogP contribution >= 0.6 is 0 Å². The minimum Gasteiger partial charge on any atom is -0.375 e. The molecule has 0 aliphatic carbocycles. The van der Waals surface area contributed by atoms with E-state index < -0.39 is 5.82 Å². The Hall–Kier alpha value is -2.46. The van der Waals surface area contributed by atoms with Crippen LogP contribution in [-0.2, 0) is 10.3 Å². The molecule has 5 atom stereocenters. The Morgan fingerprint density at radius 1 is 1.12 bits per heavy atom. The van der Waals surface area contributed by atoms with Gasteiger partial charge in [-0.1, -0.05) is 12.1 Å². The van der Waals surface area contributed by atoms with Gasteiger partial charge in [0.15, 0.2) is 0 Å². The first-order chi connectivity index (χ1) is 16.0. The summed E-state index contributed by atoms with van der Waals surface area (Å²) in [6.07, 6.45) is 6.60. The molecule has 5 saturated heterocycles. The molecule has 5 aliphatic heterocycles. The minimum absolute atomic E-state index is 0.0641. The molecule has 33 heavy (non-hydrogen) atoms. The average Bonchev–Trinajstić information content (AvgIpc) is 3.11. The summed E-state index contributed by atoms with van der Waals surface area (Å²) in [4.78, 5) is 5.02. The van der Waals surface area contributed by atoms with Crippen LogP contribution in [0.15, 0.2) is 36.4 Å². The number of halogens is 1. The number of piperidine rings is 2. The summed E-state index contributed by atoms with van der Waals surface area (Å²) in [6.45, 7) is 2.78. The smallest absolute Gasteiger partial charge is 0.141 e. The van der Waals surface area contributed by atoms with E-state index in [9.17, 15) is 9.65 Å². The lowest BCUT2D eigenvalue weighted by atomic mass is 9.75. The van der Waals surface area contributed by atoms with Gasteiger partial charge in [-0.25, -0.2) is 4.39 Å². The number of nitrogens with two attached hydrogens (primary N) is 1. The van der Waals surface area contributed by atoms with Crippen LogP contribution in [0.25, 0.3) is 11.1 Å². The molecule has 2 N–H and O–H groups in total. The molecule has 0 amide bonds. The second-order valence-corrected chi connectivity index (χ2v) is 10.7. The lowest BCUT2D eigenvalue weighted by Crippen LogP contribution is -2.51. The molecule has 0 bridgehead atoms. The van der Waals surface area contributed by atoms with Gasteiger partial charge in [0.25, 0.3) is 0 Å². The molecule has 0 radical (unpaired) electrons. The van der Waals surface area contributed by atoms with E-state index in [0.29, 0.717) is 18.1 Å². The van der Waals surface area contributed by atoms with Crippen LogP contribution in [0.2, 0.25) is 0 Å². The second kappa shape index (κ2) is 6.79. The highest BCUT2D eigenvalue weighted by Crippen LogP contribution is 2.70. The van der Waals surface area contributed by atoms with Crippen LogP contribution in [0.4, 0.5) is 10.1 Å². The lowest BCUT2D eigenvalue weighted by Gasteiger charge is -2.42. The maximum absolute atomic E-state index is 14.6. The third kappa shape index (κ3) is 2.67. The van der Waals surface area contributed by atoms with Crippen LogP contribution in [-0.4, -0.2) is 48.3 Å². The van der Waals surface area contributed by atoms with Crippen molar-refractivity contribution in [3.05, 3.63) is 53.3 Å². The fraction of sp³-hybridized carbons (Fsp3) is 0.519. The minimum atomic E-state index is -0.455. The van der Waals surface area contributed by atoms with Crippen molar-refractivity contribution in [2.24, 2.45) is 5.73 Å². The van der Waals surface area contributed by atoms with E-state index in [-0.39, 0.29) is 16.7 Å². The van der Waals surface area contributed by atoms with Gasteiger partial charge >= 0.3 is 0 Å². The first-order valence-electron chi connectivity index (χ1n) is 12.3. The van der Waals surface area contributed by atoms with E-state index in [0.717, 1.165) is 75.0 Å². The number of benzene rings is 2. The molecule has 3 unspecified atom stereocenters. The Balaban J connectivity index is 1.26. The molecule has 170 valence electrons. The average molecular weight is 445 g/mol. The second-order valence-electron chi connectivity index (χ2n) is 10.7. The van der Waals surface area contributed by atoms with Gasteiger partial charge in [0.1, 0.15) is 11.9 Å². The fourth-order valence-corrected chi connectivity index (χ4v) is 7.42. The highest BCUT2D eigenvalue weighted by Gasteiger charge is 2.78. The highest BCUT2D eigenvalue weighted by atomic mass is 19.1. The predicted octanol–water partition coefficient (Wildman–Crippen LogP) is 3.90. The largest absolute Gasteiger partial charge is 0.375 e. The van der Waals surface area contributed by atoms with Crippen molar-refractivity contribution in [1.29, 1.82) is 5.26 Å². The number of anilines is 1. The van der Waals surface area contributed by atoms with Crippen molar-refractivity contribution in [2.75, 3.05) is 24.6 Å². The summed E-state index contributed by atoms with van der Waals surface area (Å²) in [5.41, 5.74) is 11.0. The Morgan fingerprint density at radius 3 is 2.61 bits per heavy atom. The zero-order valence-electron chi connectivity index (χ0n) is 18.8. The third-order valence-corrected chi connectivity index (χ3v) is 9.24. The number of nitriles is 1. The molecule has 6 heteroatoms. The number of nitrogens with zero attached hydrogens (tertiary/aromatic N) is 3. The summed E-state index contributed by atoms with van der Waals surface area (Å²) in [5.74, 6) is -0.455. The van der Waals surface area contributed by atoms with E-state index in [2.05, 4.69) is 28.0 Å². The Bertz CT molecular complexity index is 1170. The molecule has 5 aliphatic rings.